The number of aliphatic imine (C=N–C) groups is 1. The Morgan fingerprint density at radius 2 is 1.76 bits per heavy atom. The van der Waals surface area contributed by atoms with Gasteiger partial charge in [0.05, 0.1) is 29.8 Å². The summed E-state index contributed by atoms with van der Waals surface area (Å²) in [6.45, 7) is 3.73. The van der Waals surface area contributed by atoms with E-state index in [1.165, 1.54) is 10.7 Å². The lowest BCUT2D eigenvalue weighted by Crippen LogP contribution is -2.53. The Morgan fingerprint density at radius 3 is 2.42 bits per heavy atom. The topological polar surface area (TPSA) is 148 Å². The lowest BCUT2D eigenvalue weighted by Gasteiger charge is -2.46. The lowest BCUT2D eigenvalue weighted by atomic mass is 9.63. The molecule has 3 aromatic rings. The van der Waals surface area contributed by atoms with E-state index < -0.39 is 29.6 Å². The smallest absolute Gasteiger partial charge is 0.275 e. The molecule has 1 fully saturated rings. The van der Waals surface area contributed by atoms with Gasteiger partial charge in [0.1, 0.15) is 11.5 Å². The molecule has 1 aromatic heterocycles. The number of aliphatic hydroxyl groups excluding tert-OH is 2. The number of ketones is 1. The minimum absolute atomic E-state index is 0.0404. The van der Waals surface area contributed by atoms with Crippen LogP contribution in [0.1, 0.15) is 42.0 Å². The molecule has 0 amide bonds. The van der Waals surface area contributed by atoms with Crippen molar-refractivity contribution in [2.24, 2.45) is 10.9 Å². The fourth-order valence-corrected chi connectivity index (χ4v) is 5.27. The van der Waals surface area contributed by atoms with Crippen LogP contribution in [0.15, 0.2) is 76.1 Å². The highest BCUT2D eigenvalue weighted by atomic mass is 16.3. The van der Waals surface area contributed by atoms with Gasteiger partial charge < -0.3 is 20.4 Å². The standard InChI is InChI=1S/C29H29N3O6/c1-15-8-10-17(11-9-15)22(35)14-30-20-12-19(33)13-21(34)24(20)26-27(36)25(28(26)37)23-16(2)31-32(29(23)38)18-6-4-3-5-7-18/h3-8,10-15,25-28,31,33-34,36-37H,9H2,1-2H3. The Labute approximate surface area is 218 Å². The number of aromatic amines is 1. The third-order valence-electron chi connectivity index (χ3n) is 7.31. The summed E-state index contributed by atoms with van der Waals surface area (Å²) in [6.07, 6.45) is 4.84. The number of H-pyrrole nitrogens is 1. The Morgan fingerprint density at radius 1 is 1.08 bits per heavy atom. The molecule has 0 aliphatic heterocycles. The molecule has 1 heterocycles. The molecule has 3 unspecified atom stereocenters. The number of allylic oxidation sites excluding steroid dienone is 4. The number of phenols is 2. The highest BCUT2D eigenvalue weighted by molar-refractivity contribution is 6.36. The highest BCUT2D eigenvalue weighted by Gasteiger charge is 2.54. The number of aryl methyl sites for hydroxylation is 1. The molecule has 1 saturated carbocycles. The molecule has 2 aliphatic rings. The van der Waals surface area contributed by atoms with Crippen LogP contribution in [0.5, 0.6) is 11.5 Å². The molecule has 5 rings (SSSR count). The summed E-state index contributed by atoms with van der Waals surface area (Å²) in [7, 11) is 0. The van der Waals surface area contributed by atoms with E-state index in [4.69, 9.17) is 0 Å². The Kier molecular flexibility index (Phi) is 6.64. The van der Waals surface area contributed by atoms with Crippen molar-refractivity contribution in [1.82, 2.24) is 9.78 Å². The second-order valence-corrected chi connectivity index (χ2v) is 9.91. The molecule has 3 atom stereocenters. The van der Waals surface area contributed by atoms with Crippen LogP contribution in [0.4, 0.5) is 5.69 Å². The average Bonchev–Trinajstić information content (AvgIpc) is 3.18. The first-order chi connectivity index (χ1) is 18.2. The number of nitrogens with one attached hydrogen (secondary N) is 1. The van der Waals surface area contributed by atoms with Crippen LogP contribution in [0, 0.1) is 12.8 Å². The second kappa shape index (κ2) is 9.92. The maximum Gasteiger partial charge on any atom is 0.275 e. The minimum Gasteiger partial charge on any atom is -0.508 e. The van der Waals surface area contributed by atoms with Gasteiger partial charge >= 0.3 is 0 Å². The van der Waals surface area contributed by atoms with E-state index >= 15 is 0 Å². The number of phenolic OH excluding ortho intramolecular Hbond substituents is 2. The quantitative estimate of drug-likeness (QED) is 0.318. The number of carbonyl (C=O) groups excluding carboxylic acids is 1. The average molecular weight is 516 g/mol. The zero-order chi connectivity index (χ0) is 27.1. The summed E-state index contributed by atoms with van der Waals surface area (Å²) in [4.78, 5) is 30.1. The van der Waals surface area contributed by atoms with Gasteiger partial charge in [0.2, 0.25) is 5.78 Å². The van der Waals surface area contributed by atoms with Gasteiger partial charge in [-0.25, -0.2) is 4.68 Å². The van der Waals surface area contributed by atoms with Gasteiger partial charge in [-0.2, -0.15) is 0 Å². The number of nitrogens with zero attached hydrogens (tertiary/aromatic N) is 2. The Balaban J connectivity index is 1.46. The number of hydrogen-bond acceptors (Lipinski definition) is 7. The number of para-hydroxylation sites is 1. The van der Waals surface area contributed by atoms with Crippen LogP contribution in [0.3, 0.4) is 0 Å². The molecule has 0 radical (unpaired) electrons. The molecule has 0 bridgehead atoms. The van der Waals surface area contributed by atoms with Crippen molar-refractivity contribution in [3.8, 4) is 17.2 Å². The number of Topliss-reactive ketones (excluding diaryl/α,β-unsaturated/α-hetero) is 1. The summed E-state index contributed by atoms with van der Waals surface area (Å²) in [5.41, 5.74) is 1.58. The van der Waals surface area contributed by atoms with E-state index in [-0.39, 0.29) is 34.1 Å². The molecule has 0 spiro atoms. The van der Waals surface area contributed by atoms with Crippen molar-refractivity contribution in [1.29, 1.82) is 0 Å². The maximum absolute atomic E-state index is 13.2. The monoisotopic (exact) mass is 515 g/mol. The SMILES string of the molecule is Cc1[nH]n(-c2ccccc2)c(=O)c1C1C(O)C(c2c(O)cc(O)cc2N=CC(=O)C2=CCC(C)C=C2)C1O. The molecule has 2 aliphatic carbocycles. The second-order valence-electron chi connectivity index (χ2n) is 9.91. The number of aromatic nitrogens is 2. The first-order valence-electron chi connectivity index (χ1n) is 12.4. The molecule has 9 nitrogen and oxygen atoms in total. The third-order valence-corrected chi connectivity index (χ3v) is 7.31. The van der Waals surface area contributed by atoms with E-state index in [1.54, 1.807) is 37.3 Å². The van der Waals surface area contributed by atoms with E-state index in [0.29, 0.717) is 22.9 Å². The molecule has 0 saturated heterocycles. The number of benzene rings is 2. The fraction of sp³-hybridized carbons (Fsp3) is 0.276. The van der Waals surface area contributed by atoms with Crippen LogP contribution < -0.4 is 5.56 Å². The van der Waals surface area contributed by atoms with Crippen molar-refractivity contribution in [2.45, 2.75) is 44.3 Å². The number of carbonyl (C=O) groups is 1. The van der Waals surface area contributed by atoms with E-state index in [1.807, 2.05) is 25.1 Å². The number of hydrogen-bond donors (Lipinski definition) is 5. The largest absolute Gasteiger partial charge is 0.508 e. The van der Waals surface area contributed by atoms with E-state index in [0.717, 1.165) is 18.7 Å². The van der Waals surface area contributed by atoms with Crippen LogP contribution in [0.25, 0.3) is 5.69 Å². The van der Waals surface area contributed by atoms with Gasteiger partial charge in [-0.1, -0.05) is 43.4 Å². The third kappa shape index (κ3) is 4.40. The van der Waals surface area contributed by atoms with Crippen LogP contribution >= 0.6 is 0 Å². The highest BCUT2D eigenvalue weighted by Crippen LogP contribution is 2.53. The Bertz CT molecular complexity index is 1520. The van der Waals surface area contributed by atoms with E-state index in [9.17, 15) is 30.0 Å². The first-order valence-corrected chi connectivity index (χ1v) is 12.4. The summed E-state index contributed by atoms with van der Waals surface area (Å²) in [6, 6.07) is 11.3. The predicted octanol–water partition coefficient (Wildman–Crippen LogP) is 3.28. The molecular weight excluding hydrogens is 486 g/mol. The van der Waals surface area contributed by atoms with Crippen LogP contribution in [-0.4, -0.2) is 54.4 Å². The van der Waals surface area contributed by atoms with Gasteiger partial charge in [0.25, 0.3) is 5.56 Å². The molecule has 2 aromatic carbocycles. The van der Waals surface area contributed by atoms with Gasteiger partial charge in [-0.05, 0) is 31.4 Å². The fourth-order valence-electron chi connectivity index (χ4n) is 5.27. The van der Waals surface area contributed by atoms with Gasteiger partial charge in [0, 0.05) is 46.4 Å². The van der Waals surface area contributed by atoms with Gasteiger partial charge in [-0.3, -0.25) is 19.7 Å². The van der Waals surface area contributed by atoms with Crippen molar-refractivity contribution in [3.05, 3.63) is 93.4 Å². The summed E-state index contributed by atoms with van der Waals surface area (Å²) in [5, 5.41) is 46.1. The first kappa shape index (κ1) is 25.4. The molecule has 9 heteroatoms. The van der Waals surface area contributed by atoms with E-state index in [2.05, 4.69) is 10.1 Å². The van der Waals surface area contributed by atoms with Crippen LogP contribution in [0.2, 0.25) is 0 Å². The minimum atomic E-state index is -1.23. The zero-order valence-electron chi connectivity index (χ0n) is 20.9. The molecule has 196 valence electrons. The molecule has 5 N–H and O–H groups in total. The van der Waals surface area contributed by atoms with Crippen LogP contribution in [-0.2, 0) is 4.79 Å². The summed E-state index contributed by atoms with van der Waals surface area (Å²) >= 11 is 0. The number of aromatic hydroxyl groups is 2. The summed E-state index contributed by atoms with van der Waals surface area (Å²) in [5.74, 6) is -2.60. The van der Waals surface area contributed by atoms with Crippen molar-refractivity contribution in [2.75, 3.05) is 0 Å². The van der Waals surface area contributed by atoms with Crippen molar-refractivity contribution < 1.29 is 25.2 Å². The van der Waals surface area contributed by atoms with Crippen molar-refractivity contribution >= 4 is 17.7 Å². The number of aliphatic hydroxyl groups is 2. The maximum atomic E-state index is 13.2. The normalized spacial score (nSPS) is 24.8. The Hall–Kier alpha value is -4.21. The number of rotatable bonds is 6. The summed E-state index contributed by atoms with van der Waals surface area (Å²) < 4.78 is 1.35. The zero-order valence-corrected chi connectivity index (χ0v) is 20.9. The lowest BCUT2D eigenvalue weighted by molar-refractivity contribution is -0.109. The van der Waals surface area contributed by atoms with Gasteiger partial charge in [0.15, 0.2) is 0 Å². The molecular formula is C29H29N3O6. The predicted molar refractivity (Wildman–Crippen MR) is 143 cm³/mol. The van der Waals surface area contributed by atoms with Gasteiger partial charge in [-0.15, -0.1) is 0 Å². The molecule has 38 heavy (non-hydrogen) atoms. The van der Waals surface area contributed by atoms with Crippen molar-refractivity contribution in [3.63, 3.8) is 0 Å².